The summed E-state index contributed by atoms with van der Waals surface area (Å²) in [6.45, 7) is 2.30. The number of ether oxygens (including phenoxy) is 1. The highest BCUT2D eigenvalue weighted by Crippen LogP contribution is 2.31. The standard InChI is InChI=1S/C27H19F2N3O3S3/c1-2-35-22-6-4-3-5-20(22)32-24-23(38-27(32)36)25(34)31(19-13-11-18(29)12-14-19)26(30-24)37-15-21(33)16-7-9-17(28)10-8-16/h3-14H,2,15H2,1H3. The van der Waals surface area contributed by atoms with Gasteiger partial charge in [0.05, 0.1) is 23.7 Å². The Hall–Kier alpha value is -3.67. The van der Waals surface area contributed by atoms with Crippen LogP contribution in [-0.2, 0) is 0 Å². The second kappa shape index (κ2) is 11.0. The molecule has 0 spiro atoms. The lowest BCUT2D eigenvalue weighted by Crippen LogP contribution is -2.22. The molecule has 6 nitrogen and oxygen atoms in total. The number of halogens is 2. The summed E-state index contributed by atoms with van der Waals surface area (Å²) in [4.78, 5) is 31.4. The number of thiazole rings is 1. The van der Waals surface area contributed by atoms with Crippen LogP contribution in [0.15, 0.2) is 82.7 Å². The van der Waals surface area contributed by atoms with Gasteiger partial charge in [-0.25, -0.2) is 13.8 Å². The predicted octanol–water partition coefficient (Wildman–Crippen LogP) is 6.62. The molecule has 0 aliphatic rings. The lowest BCUT2D eigenvalue weighted by molar-refractivity contribution is 0.102. The maximum atomic E-state index is 13.8. The molecule has 0 saturated carbocycles. The quantitative estimate of drug-likeness (QED) is 0.0909. The third-order valence-corrected chi connectivity index (χ3v) is 7.86. The number of hydrogen-bond acceptors (Lipinski definition) is 7. The van der Waals surface area contributed by atoms with Crippen molar-refractivity contribution in [2.45, 2.75) is 12.1 Å². The molecule has 0 unspecified atom stereocenters. The number of nitrogens with zero attached hydrogens (tertiary/aromatic N) is 3. The van der Waals surface area contributed by atoms with Gasteiger partial charge in [-0.1, -0.05) is 35.2 Å². The van der Waals surface area contributed by atoms with Crippen LogP contribution in [0.4, 0.5) is 8.78 Å². The number of para-hydroxylation sites is 2. The van der Waals surface area contributed by atoms with Gasteiger partial charge in [0.1, 0.15) is 22.1 Å². The van der Waals surface area contributed by atoms with Gasteiger partial charge in [0.2, 0.25) is 0 Å². The number of carbonyl (C=O) groups is 1. The van der Waals surface area contributed by atoms with Crippen molar-refractivity contribution in [3.8, 4) is 17.1 Å². The van der Waals surface area contributed by atoms with Gasteiger partial charge in [0.25, 0.3) is 5.56 Å². The van der Waals surface area contributed by atoms with Crippen LogP contribution in [0.2, 0.25) is 0 Å². The molecule has 3 aromatic carbocycles. The van der Waals surface area contributed by atoms with E-state index in [2.05, 4.69) is 0 Å². The van der Waals surface area contributed by atoms with Crippen LogP contribution in [0.25, 0.3) is 21.7 Å². The Balaban J connectivity index is 1.68. The van der Waals surface area contributed by atoms with E-state index in [1.807, 2.05) is 25.1 Å². The number of ketones is 1. The van der Waals surface area contributed by atoms with E-state index < -0.39 is 17.2 Å². The smallest absolute Gasteiger partial charge is 0.278 e. The van der Waals surface area contributed by atoms with Crippen LogP contribution < -0.4 is 10.3 Å². The van der Waals surface area contributed by atoms with Crippen molar-refractivity contribution < 1.29 is 18.3 Å². The number of aromatic nitrogens is 3. The third-order valence-electron chi connectivity index (χ3n) is 5.57. The number of fused-ring (bicyclic) bond motifs is 1. The molecule has 0 fully saturated rings. The molecule has 0 bridgehead atoms. The first-order valence-corrected chi connectivity index (χ1v) is 13.7. The molecule has 0 aliphatic carbocycles. The highest BCUT2D eigenvalue weighted by Gasteiger charge is 2.21. The lowest BCUT2D eigenvalue weighted by atomic mass is 10.1. The Morgan fingerprint density at radius 2 is 1.66 bits per heavy atom. The van der Waals surface area contributed by atoms with E-state index in [0.717, 1.165) is 23.1 Å². The van der Waals surface area contributed by atoms with Gasteiger partial charge in [0, 0.05) is 5.56 Å². The molecule has 2 heterocycles. The van der Waals surface area contributed by atoms with Gasteiger partial charge in [-0.2, -0.15) is 0 Å². The van der Waals surface area contributed by atoms with Crippen LogP contribution in [-0.4, -0.2) is 32.3 Å². The van der Waals surface area contributed by atoms with Gasteiger partial charge in [-0.05, 0) is 79.8 Å². The van der Waals surface area contributed by atoms with E-state index in [9.17, 15) is 18.4 Å². The van der Waals surface area contributed by atoms with Crippen molar-refractivity contribution >= 4 is 51.4 Å². The summed E-state index contributed by atoms with van der Waals surface area (Å²) in [5, 5.41) is 0.222. The molecule has 0 radical (unpaired) electrons. The Morgan fingerprint density at radius 3 is 2.34 bits per heavy atom. The van der Waals surface area contributed by atoms with Crippen molar-refractivity contribution in [2.24, 2.45) is 0 Å². The van der Waals surface area contributed by atoms with Crippen LogP contribution in [0.5, 0.6) is 5.75 Å². The van der Waals surface area contributed by atoms with Crippen LogP contribution in [0.3, 0.4) is 0 Å². The number of Topliss-reactive ketones (excluding diaryl/α,β-unsaturated/α-hetero) is 1. The molecule has 0 aliphatic heterocycles. The highest BCUT2D eigenvalue weighted by atomic mass is 32.2. The van der Waals surface area contributed by atoms with Gasteiger partial charge in [-0.15, -0.1) is 0 Å². The zero-order chi connectivity index (χ0) is 26.8. The summed E-state index contributed by atoms with van der Waals surface area (Å²) in [5.41, 5.74) is 1.28. The van der Waals surface area contributed by atoms with Crippen molar-refractivity contribution in [1.29, 1.82) is 0 Å². The molecule has 38 heavy (non-hydrogen) atoms. The SMILES string of the molecule is CCOc1ccccc1-n1c(=S)sc2c(=O)n(-c3ccc(F)cc3)c(SCC(=O)c3ccc(F)cc3)nc21. The Labute approximate surface area is 229 Å². The fourth-order valence-corrected chi connectivity index (χ4v) is 6.02. The van der Waals surface area contributed by atoms with Crippen molar-refractivity contribution in [3.63, 3.8) is 0 Å². The molecule has 11 heteroatoms. The molecule has 0 N–H and O–H groups in total. The molecular formula is C27H19F2N3O3S3. The van der Waals surface area contributed by atoms with Crippen LogP contribution >= 0.6 is 35.3 Å². The topological polar surface area (TPSA) is 66.1 Å². The second-order valence-electron chi connectivity index (χ2n) is 7.99. The largest absolute Gasteiger partial charge is 0.492 e. The number of hydrogen-bond donors (Lipinski definition) is 0. The summed E-state index contributed by atoms with van der Waals surface area (Å²) in [6.07, 6.45) is 0. The van der Waals surface area contributed by atoms with Crippen molar-refractivity contribution in [1.82, 2.24) is 14.1 Å². The molecule has 0 atom stereocenters. The van der Waals surface area contributed by atoms with E-state index in [4.69, 9.17) is 21.9 Å². The second-order valence-corrected chi connectivity index (χ2v) is 10.6. The zero-order valence-electron chi connectivity index (χ0n) is 19.9. The Morgan fingerprint density at radius 1 is 1.00 bits per heavy atom. The van der Waals surface area contributed by atoms with Crippen molar-refractivity contribution in [3.05, 3.63) is 104 Å². The fourth-order valence-electron chi connectivity index (χ4n) is 3.83. The van der Waals surface area contributed by atoms with E-state index >= 15 is 0 Å². The average Bonchev–Trinajstić information content (AvgIpc) is 3.25. The average molecular weight is 568 g/mol. The van der Waals surface area contributed by atoms with E-state index in [-0.39, 0.29) is 16.7 Å². The summed E-state index contributed by atoms with van der Waals surface area (Å²) in [7, 11) is 0. The molecule has 0 saturated heterocycles. The fraction of sp³-hybridized carbons (Fsp3) is 0.111. The lowest BCUT2D eigenvalue weighted by Gasteiger charge is -2.14. The predicted molar refractivity (Wildman–Crippen MR) is 148 cm³/mol. The minimum atomic E-state index is -0.453. The molecule has 0 amide bonds. The zero-order valence-corrected chi connectivity index (χ0v) is 22.3. The maximum absolute atomic E-state index is 13.8. The van der Waals surface area contributed by atoms with Crippen LogP contribution in [0, 0.1) is 15.6 Å². The van der Waals surface area contributed by atoms with Crippen molar-refractivity contribution in [2.75, 3.05) is 12.4 Å². The molecule has 5 aromatic rings. The maximum Gasteiger partial charge on any atom is 0.278 e. The molecule has 2 aromatic heterocycles. The molecular weight excluding hydrogens is 549 g/mol. The normalized spacial score (nSPS) is 11.1. The minimum Gasteiger partial charge on any atom is -0.492 e. The summed E-state index contributed by atoms with van der Waals surface area (Å²) in [6, 6.07) is 18.0. The summed E-state index contributed by atoms with van der Waals surface area (Å²) in [5.74, 6) is -0.646. The van der Waals surface area contributed by atoms with Gasteiger partial charge >= 0.3 is 0 Å². The highest BCUT2D eigenvalue weighted by molar-refractivity contribution is 7.99. The first-order chi connectivity index (χ1) is 18.4. The summed E-state index contributed by atoms with van der Waals surface area (Å²) >= 11 is 7.80. The van der Waals surface area contributed by atoms with Gasteiger partial charge in [0.15, 0.2) is 20.5 Å². The number of benzene rings is 3. The Kier molecular flexibility index (Phi) is 7.50. The van der Waals surface area contributed by atoms with E-state index in [0.29, 0.717) is 43.6 Å². The third kappa shape index (κ3) is 5.04. The molecule has 5 rings (SSSR count). The monoisotopic (exact) mass is 567 g/mol. The first-order valence-electron chi connectivity index (χ1n) is 11.5. The van der Waals surface area contributed by atoms with E-state index in [1.165, 1.54) is 53.1 Å². The minimum absolute atomic E-state index is 0.0643. The Bertz CT molecular complexity index is 1760. The number of rotatable bonds is 8. The van der Waals surface area contributed by atoms with Crippen LogP contribution in [0.1, 0.15) is 17.3 Å². The first kappa shape index (κ1) is 26.0. The summed E-state index contributed by atoms with van der Waals surface area (Å²) < 4.78 is 36.5. The van der Waals surface area contributed by atoms with Gasteiger partial charge < -0.3 is 4.74 Å². The number of carbonyl (C=O) groups excluding carboxylic acids is 1. The van der Waals surface area contributed by atoms with E-state index in [1.54, 1.807) is 10.6 Å². The molecule has 192 valence electrons. The van der Waals surface area contributed by atoms with Gasteiger partial charge in [-0.3, -0.25) is 18.7 Å². The number of thioether (sulfide) groups is 1.